The predicted molar refractivity (Wildman–Crippen MR) is 43.6 cm³/mol. The van der Waals surface area contributed by atoms with Crippen LogP contribution in [0.15, 0.2) is 0 Å². The summed E-state index contributed by atoms with van der Waals surface area (Å²) in [5.41, 5.74) is -2.88. The highest BCUT2D eigenvalue weighted by Gasteiger charge is 2.31. The quantitative estimate of drug-likeness (QED) is 0.537. The number of hydrogen-bond donors (Lipinski definition) is 3. The second-order valence-electron chi connectivity index (χ2n) is 3.81. The number of rotatable bonds is 4. The van der Waals surface area contributed by atoms with Crippen molar-refractivity contribution >= 4 is 5.78 Å². The Balaban J connectivity index is 4.20. The number of hydrogen-bond acceptors (Lipinski definition) is 4. The van der Waals surface area contributed by atoms with Crippen LogP contribution < -0.4 is 0 Å². The third-order valence-electron chi connectivity index (χ3n) is 1.56. The Hall–Kier alpha value is -0.450. The van der Waals surface area contributed by atoms with Crippen LogP contribution in [-0.4, -0.2) is 38.9 Å². The lowest BCUT2D eigenvalue weighted by Crippen LogP contribution is -2.40. The molecule has 0 aromatic heterocycles. The maximum Gasteiger partial charge on any atom is 0.166 e. The second-order valence-corrected chi connectivity index (χ2v) is 3.81. The smallest absolute Gasteiger partial charge is 0.166 e. The summed E-state index contributed by atoms with van der Waals surface area (Å²) in [6.45, 7) is 3.55. The molecule has 0 heterocycles. The molecule has 72 valence electrons. The molecule has 0 saturated heterocycles. The van der Waals surface area contributed by atoms with E-state index in [1.165, 1.54) is 20.8 Å². The summed E-state index contributed by atoms with van der Waals surface area (Å²) in [5.74, 6) is -0.485. The fourth-order valence-corrected chi connectivity index (χ4v) is 0.618. The van der Waals surface area contributed by atoms with Crippen molar-refractivity contribution in [3.05, 3.63) is 0 Å². The van der Waals surface area contributed by atoms with E-state index in [2.05, 4.69) is 0 Å². The van der Waals surface area contributed by atoms with Crippen LogP contribution in [0.2, 0.25) is 0 Å². The number of carbonyl (C=O) groups is 1. The van der Waals surface area contributed by atoms with Crippen LogP contribution in [0.25, 0.3) is 0 Å². The first-order valence-electron chi connectivity index (χ1n) is 3.78. The molecule has 1 unspecified atom stereocenters. The lowest BCUT2D eigenvalue weighted by atomic mass is 9.92. The van der Waals surface area contributed by atoms with Crippen molar-refractivity contribution in [1.82, 2.24) is 0 Å². The molecule has 0 spiro atoms. The van der Waals surface area contributed by atoms with Crippen molar-refractivity contribution in [3.63, 3.8) is 0 Å². The Morgan fingerprint density at radius 1 is 1.25 bits per heavy atom. The van der Waals surface area contributed by atoms with Crippen molar-refractivity contribution in [2.24, 2.45) is 0 Å². The second kappa shape index (κ2) is 3.51. The molecule has 0 fully saturated rings. The van der Waals surface area contributed by atoms with Crippen molar-refractivity contribution in [2.75, 3.05) is 6.61 Å². The van der Waals surface area contributed by atoms with E-state index in [4.69, 9.17) is 5.11 Å². The minimum atomic E-state index is -1.45. The van der Waals surface area contributed by atoms with Crippen LogP contribution in [0.1, 0.15) is 27.2 Å². The Bertz CT molecular complexity index is 166. The topological polar surface area (TPSA) is 77.8 Å². The molecule has 0 bridgehead atoms. The van der Waals surface area contributed by atoms with Crippen LogP contribution in [0.3, 0.4) is 0 Å². The van der Waals surface area contributed by atoms with E-state index in [0.717, 1.165) is 0 Å². The fourth-order valence-electron chi connectivity index (χ4n) is 0.618. The van der Waals surface area contributed by atoms with Gasteiger partial charge in [-0.2, -0.15) is 0 Å². The molecule has 0 aliphatic carbocycles. The van der Waals surface area contributed by atoms with Gasteiger partial charge in [-0.25, -0.2) is 0 Å². The molecule has 12 heavy (non-hydrogen) atoms. The van der Waals surface area contributed by atoms with Crippen LogP contribution in [0.4, 0.5) is 0 Å². The van der Waals surface area contributed by atoms with Gasteiger partial charge in [0.2, 0.25) is 0 Å². The summed E-state index contributed by atoms with van der Waals surface area (Å²) in [4.78, 5) is 11.1. The van der Waals surface area contributed by atoms with E-state index in [-0.39, 0.29) is 6.42 Å². The van der Waals surface area contributed by atoms with Crippen LogP contribution in [-0.2, 0) is 4.79 Å². The molecule has 3 N–H and O–H groups in total. The van der Waals surface area contributed by atoms with Crippen molar-refractivity contribution < 1.29 is 20.1 Å². The van der Waals surface area contributed by atoms with Gasteiger partial charge >= 0.3 is 0 Å². The SMILES string of the molecule is CC(O)(CO)CC(=O)C(C)(C)O. The van der Waals surface area contributed by atoms with Crippen LogP contribution in [0, 0.1) is 0 Å². The summed E-state index contributed by atoms with van der Waals surface area (Å²) in [5, 5.41) is 27.1. The van der Waals surface area contributed by atoms with Crippen molar-refractivity contribution in [1.29, 1.82) is 0 Å². The van der Waals surface area contributed by atoms with E-state index in [1.54, 1.807) is 0 Å². The number of ketones is 1. The first kappa shape index (κ1) is 11.6. The molecule has 0 aliphatic rings. The monoisotopic (exact) mass is 176 g/mol. The minimum absolute atomic E-state index is 0.243. The van der Waals surface area contributed by atoms with Gasteiger partial charge in [-0.1, -0.05) is 0 Å². The Morgan fingerprint density at radius 2 is 1.67 bits per heavy atom. The lowest BCUT2D eigenvalue weighted by Gasteiger charge is -2.23. The summed E-state index contributed by atoms with van der Waals surface area (Å²) >= 11 is 0. The molecule has 0 aliphatic heterocycles. The zero-order valence-corrected chi connectivity index (χ0v) is 7.66. The highest BCUT2D eigenvalue weighted by molar-refractivity contribution is 5.86. The van der Waals surface area contributed by atoms with Crippen molar-refractivity contribution in [3.8, 4) is 0 Å². The molecule has 4 heteroatoms. The van der Waals surface area contributed by atoms with Gasteiger partial charge in [-0.3, -0.25) is 4.79 Å². The van der Waals surface area contributed by atoms with Gasteiger partial charge < -0.3 is 15.3 Å². The first-order valence-corrected chi connectivity index (χ1v) is 3.78. The summed E-state index contributed by atoms with van der Waals surface area (Å²) < 4.78 is 0. The van der Waals surface area contributed by atoms with E-state index in [9.17, 15) is 15.0 Å². The molecule has 0 rings (SSSR count). The largest absolute Gasteiger partial charge is 0.393 e. The van der Waals surface area contributed by atoms with E-state index in [1.807, 2.05) is 0 Å². The maximum absolute atomic E-state index is 11.1. The Kier molecular flexibility index (Phi) is 3.38. The number of aliphatic hydroxyl groups is 3. The van der Waals surface area contributed by atoms with E-state index in [0.29, 0.717) is 0 Å². The number of Topliss-reactive ketones (excluding diaryl/α,β-unsaturated/α-hetero) is 1. The molecule has 0 aromatic rings. The predicted octanol–water partition coefficient (Wildman–Crippen LogP) is -0.540. The van der Waals surface area contributed by atoms with E-state index < -0.39 is 23.6 Å². The average molecular weight is 176 g/mol. The molecule has 4 nitrogen and oxygen atoms in total. The van der Waals surface area contributed by atoms with Gasteiger partial charge in [0.05, 0.1) is 12.2 Å². The highest BCUT2D eigenvalue weighted by Crippen LogP contribution is 2.14. The van der Waals surface area contributed by atoms with Gasteiger partial charge in [-0.05, 0) is 20.8 Å². The normalized spacial score (nSPS) is 17.2. The van der Waals surface area contributed by atoms with Gasteiger partial charge in [0.25, 0.3) is 0 Å². The molecular weight excluding hydrogens is 160 g/mol. The van der Waals surface area contributed by atoms with Gasteiger partial charge in [0, 0.05) is 6.42 Å². The zero-order chi connectivity index (χ0) is 9.99. The van der Waals surface area contributed by atoms with Gasteiger partial charge in [0.1, 0.15) is 5.60 Å². The summed E-state index contributed by atoms with van der Waals surface area (Å²) in [6, 6.07) is 0. The average Bonchev–Trinajstić information content (AvgIpc) is 1.85. The zero-order valence-electron chi connectivity index (χ0n) is 7.66. The van der Waals surface area contributed by atoms with Gasteiger partial charge in [0.15, 0.2) is 5.78 Å². The summed E-state index contributed by atoms with van der Waals surface area (Å²) in [7, 11) is 0. The van der Waals surface area contributed by atoms with E-state index >= 15 is 0 Å². The molecule has 1 atom stereocenters. The molecular formula is C8H16O4. The molecule has 0 saturated carbocycles. The van der Waals surface area contributed by atoms with Crippen LogP contribution in [0.5, 0.6) is 0 Å². The standard InChI is InChI=1S/C8H16O4/c1-7(2,11)6(10)4-8(3,12)5-9/h9,11-12H,4-5H2,1-3H3. The highest BCUT2D eigenvalue weighted by atomic mass is 16.3. The first-order chi connectivity index (χ1) is 5.19. The lowest BCUT2D eigenvalue weighted by molar-refractivity contribution is -0.140. The Morgan fingerprint density at radius 3 is 1.92 bits per heavy atom. The third-order valence-corrected chi connectivity index (χ3v) is 1.56. The third kappa shape index (κ3) is 3.80. The Labute approximate surface area is 71.8 Å². The van der Waals surface area contributed by atoms with Gasteiger partial charge in [-0.15, -0.1) is 0 Å². The fraction of sp³-hybridized carbons (Fsp3) is 0.875. The summed E-state index contributed by atoms with van der Waals surface area (Å²) in [6.07, 6.45) is -0.243. The molecule has 0 aromatic carbocycles. The number of carbonyl (C=O) groups excluding carboxylic acids is 1. The van der Waals surface area contributed by atoms with Crippen LogP contribution >= 0.6 is 0 Å². The molecule has 0 radical (unpaired) electrons. The molecule has 0 amide bonds. The number of aliphatic hydroxyl groups excluding tert-OH is 1. The minimum Gasteiger partial charge on any atom is -0.393 e. The van der Waals surface area contributed by atoms with Crippen molar-refractivity contribution in [2.45, 2.75) is 38.4 Å². The maximum atomic E-state index is 11.1.